The fourth-order valence-corrected chi connectivity index (χ4v) is 2.91. The van der Waals surface area contributed by atoms with Crippen LogP contribution in [0.5, 0.6) is 0 Å². The van der Waals surface area contributed by atoms with E-state index in [1.165, 1.54) is 0 Å². The van der Waals surface area contributed by atoms with Gasteiger partial charge in [0.15, 0.2) is 0 Å². The number of nitrogens with zero attached hydrogens (tertiary/aromatic N) is 4. The highest BCUT2D eigenvalue weighted by molar-refractivity contribution is 6.33. The van der Waals surface area contributed by atoms with Crippen LogP contribution in [-0.2, 0) is 11.3 Å². The molecule has 1 aromatic carbocycles. The Morgan fingerprint density at radius 2 is 2.13 bits per heavy atom. The number of ether oxygens (including phenoxy) is 1. The Kier molecular flexibility index (Phi) is 5.27. The third-order valence-electron chi connectivity index (χ3n) is 3.72. The summed E-state index contributed by atoms with van der Waals surface area (Å²) in [6.45, 7) is 4.00. The van der Waals surface area contributed by atoms with Crippen LogP contribution in [0.4, 0.5) is 0 Å². The molecule has 1 saturated heterocycles. The summed E-state index contributed by atoms with van der Waals surface area (Å²) < 4.78 is 11.5. The van der Waals surface area contributed by atoms with Crippen molar-refractivity contribution >= 4 is 11.6 Å². The SMILES string of the molecule is CN(C)C[C@H]1CN(Cc2nnc(-c3ccccc3Cl)o2)CCO1. The number of hydrogen-bond donors (Lipinski definition) is 0. The number of likely N-dealkylation sites (N-methyl/N-ethyl adjacent to an activating group) is 1. The molecule has 23 heavy (non-hydrogen) atoms. The average molecular weight is 337 g/mol. The molecule has 0 spiro atoms. The minimum absolute atomic E-state index is 0.213. The molecule has 1 atom stereocenters. The Morgan fingerprint density at radius 1 is 1.30 bits per heavy atom. The van der Waals surface area contributed by atoms with Crippen LogP contribution < -0.4 is 0 Å². The molecule has 3 rings (SSSR count). The Hall–Kier alpha value is -1.47. The fraction of sp³-hybridized carbons (Fsp3) is 0.500. The lowest BCUT2D eigenvalue weighted by Gasteiger charge is -2.33. The van der Waals surface area contributed by atoms with E-state index in [0.29, 0.717) is 23.3 Å². The van der Waals surface area contributed by atoms with E-state index in [0.717, 1.165) is 31.8 Å². The third-order valence-corrected chi connectivity index (χ3v) is 4.05. The molecule has 6 nitrogen and oxygen atoms in total. The Morgan fingerprint density at radius 3 is 2.91 bits per heavy atom. The smallest absolute Gasteiger partial charge is 0.249 e. The van der Waals surface area contributed by atoms with E-state index in [-0.39, 0.29) is 6.10 Å². The van der Waals surface area contributed by atoms with E-state index in [4.69, 9.17) is 20.8 Å². The Balaban J connectivity index is 1.64. The van der Waals surface area contributed by atoms with Gasteiger partial charge in [0, 0.05) is 19.6 Å². The van der Waals surface area contributed by atoms with Gasteiger partial charge in [0.2, 0.25) is 11.8 Å². The fourth-order valence-electron chi connectivity index (χ4n) is 2.69. The van der Waals surface area contributed by atoms with E-state index in [1.54, 1.807) is 0 Å². The molecule has 0 radical (unpaired) electrons. The zero-order valence-corrected chi connectivity index (χ0v) is 14.2. The predicted octanol–water partition coefficient (Wildman–Crippen LogP) is 2.15. The van der Waals surface area contributed by atoms with Gasteiger partial charge in [0.25, 0.3) is 0 Å². The summed E-state index contributed by atoms with van der Waals surface area (Å²) >= 11 is 6.17. The monoisotopic (exact) mass is 336 g/mol. The first-order valence-electron chi connectivity index (χ1n) is 7.68. The minimum Gasteiger partial charge on any atom is -0.419 e. The van der Waals surface area contributed by atoms with Crippen molar-refractivity contribution in [3.63, 3.8) is 0 Å². The van der Waals surface area contributed by atoms with Gasteiger partial charge in [0.1, 0.15) is 0 Å². The quantitative estimate of drug-likeness (QED) is 0.834. The summed E-state index contributed by atoms with van der Waals surface area (Å²) in [5.41, 5.74) is 0.764. The highest BCUT2D eigenvalue weighted by atomic mass is 35.5. The van der Waals surface area contributed by atoms with Gasteiger partial charge in [0.05, 0.1) is 29.8 Å². The van der Waals surface area contributed by atoms with Crippen molar-refractivity contribution in [1.29, 1.82) is 0 Å². The first-order valence-corrected chi connectivity index (χ1v) is 8.05. The van der Waals surface area contributed by atoms with Crippen molar-refractivity contribution < 1.29 is 9.15 Å². The number of benzene rings is 1. The maximum Gasteiger partial charge on any atom is 0.249 e. The van der Waals surface area contributed by atoms with Crippen LogP contribution in [0.1, 0.15) is 5.89 Å². The summed E-state index contributed by atoms with van der Waals surface area (Å²) in [4.78, 5) is 4.41. The highest BCUT2D eigenvalue weighted by Gasteiger charge is 2.23. The van der Waals surface area contributed by atoms with Crippen molar-refractivity contribution in [2.45, 2.75) is 12.6 Å². The van der Waals surface area contributed by atoms with Gasteiger partial charge < -0.3 is 14.1 Å². The molecule has 0 N–H and O–H groups in total. The summed E-state index contributed by atoms with van der Waals surface area (Å²) in [6, 6.07) is 7.47. The lowest BCUT2D eigenvalue weighted by atomic mass is 10.2. The normalized spacial score (nSPS) is 19.4. The molecular weight excluding hydrogens is 316 g/mol. The number of aromatic nitrogens is 2. The molecule has 1 aliphatic rings. The van der Waals surface area contributed by atoms with Gasteiger partial charge in [-0.25, -0.2) is 0 Å². The topological polar surface area (TPSA) is 54.6 Å². The Labute approximate surface area is 141 Å². The van der Waals surface area contributed by atoms with E-state index in [1.807, 2.05) is 24.3 Å². The second kappa shape index (κ2) is 7.40. The minimum atomic E-state index is 0.213. The molecule has 7 heteroatoms. The van der Waals surface area contributed by atoms with Crippen LogP contribution in [0, 0.1) is 0 Å². The number of hydrogen-bond acceptors (Lipinski definition) is 6. The molecule has 0 bridgehead atoms. The maximum absolute atomic E-state index is 6.17. The zero-order chi connectivity index (χ0) is 16.2. The first kappa shape index (κ1) is 16.4. The molecule has 1 aromatic heterocycles. The van der Waals surface area contributed by atoms with Crippen molar-refractivity contribution in [3.05, 3.63) is 35.2 Å². The maximum atomic E-state index is 6.17. The molecule has 0 saturated carbocycles. The number of halogens is 1. The molecule has 0 aliphatic carbocycles. The summed E-state index contributed by atoms with van der Waals surface area (Å²) in [6.07, 6.45) is 0.213. The standard InChI is InChI=1S/C16H21ClN4O2/c1-20(2)9-12-10-21(7-8-22-12)11-15-18-19-16(23-15)13-5-3-4-6-14(13)17/h3-6,12H,7-11H2,1-2H3/t12-/m0/s1. The van der Waals surface area contributed by atoms with Crippen molar-refractivity contribution in [1.82, 2.24) is 20.0 Å². The van der Waals surface area contributed by atoms with Crippen LogP contribution >= 0.6 is 11.6 Å². The van der Waals surface area contributed by atoms with Crippen molar-refractivity contribution in [3.8, 4) is 11.5 Å². The molecule has 0 unspecified atom stereocenters. The largest absolute Gasteiger partial charge is 0.419 e. The van der Waals surface area contributed by atoms with Gasteiger partial charge >= 0.3 is 0 Å². The van der Waals surface area contributed by atoms with E-state index >= 15 is 0 Å². The van der Waals surface area contributed by atoms with Gasteiger partial charge in [-0.15, -0.1) is 10.2 Å². The lowest BCUT2D eigenvalue weighted by Crippen LogP contribution is -2.46. The summed E-state index contributed by atoms with van der Waals surface area (Å²) in [5.74, 6) is 1.06. The van der Waals surface area contributed by atoms with E-state index in [2.05, 4.69) is 34.1 Å². The molecule has 1 fully saturated rings. The molecule has 0 amide bonds. The van der Waals surface area contributed by atoms with Crippen LogP contribution in [0.15, 0.2) is 28.7 Å². The molecule has 1 aliphatic heterocycles. The van der Waals surface area contributed by atoms with Gasteiger partial charge in [-0.2, -0.15) is 0 Å². The van der Waals surface area contributed by atoms with Gasteiger partial charge in [-0.05, 0) is 26.2 Å². The average Bonchev–Trinajstić information content (AvgIpc) is 2.95. The van der Waals surface area contributed by atoms with Crippen LogP contribution in [-0.4, -0.2) is 66.4 Å². The second-order valence-electron chi connectivity index (χ2n) is 5.97. The molecular formula is C16H21ClN4O2. The first-order chi connectivity index (χ1) is 11.1. The number of rotatable bonds is 5. The van der Waals surface area contributed by atoms with Crippen LogP contribution in [0.25, 0.3) is 11.5 Å². The zero-order valence-electron chi connectivity index (χ0n) is 13.4. The molecule has 2 heterocycles. The van der Waals surface area contributed by atoms with Gasteiger partial charge in [-0.1, -0.05) is 23.7 Å². The Bertz CT molecular complexity index is 647. The highest BCUT2D eigenvalue weighted by Crippen LogP contribution is 2.26. The lowest BCUT2D eigenvalue weighted by molar-refractivity contribution is -0.0426. The number of morpholine rings is 1. The molecule has 124 valence electrons. The second-order valence-corrected chi connectivity index (χ2v) is 6.38. The van der Waals surface area contributed by atoms with Crippen molar-refractivity contribution in [2.24, 2.45) is 0 Å². The molecule has 2 aromatic rings. The van der Waals surface area contributed by atoms with E-state index in [9.17, 15) is 0 Å². The summed E-state index contributed by atoms with van der Waals surface area (Å²) in [7, 11) is 4.10. The third kappa shape index (κ3) is 4.29. The predicted molar refractivity (Wildman–Crippen MR) is 88.3 cm³/mol. The van der Waals surface area contributed by atoms with Crippen LogP contribution in [0.2, 0.25) is 5.02 Å². The van der Waals surface area contributed by atoms with E-state index < -0.39 is 0 Å². The van der Waals surface area contributed by atoms with Crippen LogP contribution in [0.3, 0.4) is 0 Å². The summed E-state index contributed by atoms with van der Waals surface area (Å²) in [5, 5.41) is 8.87. The van der Waals surface area contributed by atoms with Gasteiger partial charge in [-0.3, -0.25) is 4.90 Å². The van der Waals surface area contributed by atoms with Crippen molar-refractivity contribution in [2.75, 3.05) is 40.3 Å².